The van der Waals surface area contributed by atoms with E-state index < -0.39 is 15.6 Å². The molecule has 0 unspecified atom stereocenters. The lowest BCUT2D eigenvalue weighted by Gasteiger charge is -2.24. The van der Waals surface area contributed by atoms with Gasteiger partial charge in [0.15, 0.2) is 4.67 Å². The average Bonchev–Trinajstić information content (AvgIpc) is 2.58. The van der Waals surface area contributed by atoms with Gasteiger partial charge in [-0.1, -0.05) is 13.3 Å². The zero-order valence-electron chi connectivity index (χ0n) is 10.8. The van der Waals surface area contributed by atoms with Crippen molar-refractivity contribution in [3.8, 4) is 0 Å². The quantitative estimate of drug-likeness (QED) is 0.833. The lowest BCUT2D eigenvalue weighted by atomic mass is 10.0. The second kappa shape index (κ2) is 5.73. The summed E-state index contributed by atoms with van der Waals surface area (Å²) >= 11 is 3.10. The molecular formula is C11H19BrN2O3S. The number of sulfonamides is 1. The topological polar surface area (TPSA) is 85.3 Å². The molecule has 0 saturated carbocycles. The van der Waals surface area contributed by atoms with Gasteiger partial charge in [0.05, 0.1) is 6.54 Å². The normalized spacial score (nSPS) is 12.9. The van der Waals surface area contributed by atoms with Crippen LogP contribution in [-0.4, -0.2) is 14.0 Å². The maximum absolute atomic E-state index is 12.2. The largest absolute Gasteiger partial charge is 0.452 e. The van der Waals surface area contributed by atoms with E-state index in [0.29, 0.717) is 5.76 Å². The van der Waals surface area contributed by atoms with Crippen molar-refractivity contribution >= 4 is 26.0 Å². The fraction of sp³-hybridized carbons (Fsp3) is 0.636. The van der Waals surface area contributed by atoms with Crippen LogP contribution in [0.1, 0.15) is 39.4 Å². The fourth-order valence-electron chi connectivity index (χ4n) is 1.78. The minimum Gasteiger partial charge on any atom is -0.452 e. The van der Waals surface area contributed by atoms with Crippen LogP contribution in [0.15, 0.2) is 20.0 Å². The Hall–Kier alpha value is -0.370. The standard InChI is InChI=1S/C11H19BrN2O3S/c1-4-5-11(2,3)14-18(15,16)9-6-8(7-13)17-10(9)12/h6,14H,4-5,7,13H2,1-3H3. The molecule has 18 heavy (non-hydrogen) atoms. The molecule has 0 aliphatic carbocycles. The second-order valence-corrected chi connectivity index (χ2v) is 7.17. The van der Waals surface area contributed by atoms with Gasteiger partial charge >= 0.3 is 0 Å². The zero-order valence-corrected chi connectivity index (χ0v) is 13.2. The van der Waals surface area contributed by atoms with E-state index >= 15 is 0 Å². The summed E-state index contributed by atoms with van der Waals surface area (Å²) in [5.74, 6) is 0.426. The van der Waals surface area contributed by atoms with Gasteiger partial charge in [0.2, 0.25) is 10.0 Å². The lowest BCUT2D eigenvalue weighted by Crippen LogP contribution is -2.43. The van der Waals surface area contributed by atoms with Crippen molar-refractivity contribution in [2.45, 2.75) is 50.6 Å². The van der Waals surface area contributed by atoms with Crippen LogP contribution in [-0.2, 0) is 16.6 Å². The van der Waals surface area contributed by atoms with Crippen molar-refractivity contribution in [2.75, 3.05) is 0 Å². The Balaban J connectivity index is 3.03. The van der Waals surface area contributed by atoms with Crippen molar-refractivity contribution in [2.24, 2.45) is 5.73 Å². The highest BCUT2D eigenvalue weighted by Crippen LogP contribution is 2.27. The lowest BCUT2D eigenvalue weighted by molar-refractivity contribution is 0.416. The number of furan rings is 1. The molecule has 104 valence electrons. The van der Waals surface area contributed by atoms with Crippen molar-refractivity contribution in [3.63, 3.8) is 0 Å². The molecule has 0 radical (unpaired) electrons. The SMILES string of the molecule is CCCC(C)(C)NS(=O)(=O)c1cc(CN)oc1Br. The number of rotatable bonds is 6. The monoisotopic (exact) mass is 338 g/mol. The van der Waals surface area contributed by atoms with E-state index in [1.54, 1.807) is 0 Å². The first-order valence-corrected chi connectivity index (χ1v) is 8.01. The van der Waals surface area contributed by atoms with Crippen LogP contribution in [0.4, 0.5) is 0 Å². The van der Waals surface area contributed by atoms with E-state index in [-0.39, 0.29) is 16.1 Å². The van der Waals surface area contributed by atoms with Crippen LogP contribution in [0.25, 0.3) is 0 Å². The molecule has 0 aliphatic rings. The fourth-order valence-corrected chi connectivity index (χ4v) is 4.22. The average molecular weight is 339 g/mol. The Bertz CT molecular complexity index is 508. The summed E-state index contributed by atoms with van der Waals surface area (Å²) in [5, 5.41) is 0. The Labute approximate surface area is 116 Å². The maximum Gasteiger partial charge on any atom is 0.245 e. The maximum atomic E-state index is 12.2. The molecule has 0 amide bonds. The predicted molar refractivity (Wildman–Crippen MR) is 73.6 cm³/mol. The number of halogens is 1. The van der Waals surface area contributed by atoms with E-state index in [4.69, 9.17) is 10.2 Å². The molecule has 0 atom stereocenters. The van der Waals surface area contributed by atoms with Crippen molar-refractivity contribution in [1.29, 1.82) is 0 Å². The molecule has 0 aliphatic heterocycles. The number of nitrogens with two attached hydrogens (primary N) is 1. The highest BCUT2D eigenvalue weighted by molar-refractivity contribution is 9.10. The smallest absolute Gasteiger partial charge is 0.245 e. The molecular weight excluding hydrogens is 320 g/mol. The van der Waals surface area contributed by atoms with Gasteiger partial charge < -0.3 is 10.2 Å². The third-order valence-corrected chi connectivity index (χ3v) is 5.04. The first kappa shape index (κ1) is 15.7. The van der Waals surface area contributed by atoms with E-state index in [0.717, 1.165) is 12.8 Å². The minimum atomic E-state index is -3.61. The zero-order chi connectivity index (χ0) is 14.0. The van der Waals surface area contributed by atoms with E-state index in [2.05, 4.69) is 20.7 Å². The number of hydrogen-bond acceptors (Lipinski definition) is 4. The third-order valence-electron chi connectivity index (χ3n) is 2.48. The predicted octanol–water partition coefficient (Wildman–Crippen LogP) is 2.36. The molecule has 0 fully saturated rings. The van der Waals surface area contributed by atoms with Crippen molar-refractivity contribution in [3.05, 3.63) is 16.5 Å². The Morgan fingerprint density at radius 1 is 1.50 bits per heavy atom. The molecule has 7 heteroatoms. The van der Waals surface area contributed by atoms with Crippen LogP contribution < -0.4 is 10.5 Å². The first-order chi connectivity index (χ1) is 8.22. The number of nitrogens with one attached hydrogen (secondary N) is 1. The summed E-state index contributed by atoms with van der Waals surface area (Å²) in [6.45, 7) is 5.88. The first-order valence-electron chi connectivity index (χ1n) is 5.74. The summed E-state index contributed by atoms with van der Waals surface area (Å²) in [4.78, 5) is 0.0899. The van der Waals surface area contributed by atoms with Crippen molar-refractivity contribution < 1.29 is 12.8 Å². The molecule has 3 N–H and O–H groups in total. The van der Waals surface area contributed by atoms with Crippen LogP contribution in [0.5, 0.6) is 0 Å². The molecule has 0 spiro atoms. The van der Waals surface area contributed by atoms with Gasteiger partial charge in [-0.2, -0.15) is 0 Å². The van der Waals surface area contributed by atoms with Gasteiger partial charge in [-0.25, -0.2) is 13.1 Å². The summed E-state index contributed by atoms with van der Waals surface area (Å²) in [6.07, 6.45) is 1.65. The van der Waals surface area contributed by atoms with E-state index in [1.807, 2.05) is 20.8 Å². The molecule has 0 bridgehead atoms. The Morgan fingerprint density at radius 2 is 2.11 bits per heavy atom. The van der Waals surface area contributed by atoms with Gasteiger partial charge in [-0.05, 0) is 36.2 Å². The minimum absolute atomic E-state index is 0.0899. The highest BCUT2D eigenvalue weighted by Gasteiger charge is 2.29. The van der Waals surface area contributed by atoms with Gasteiger partial charge in [0.25, 0.3) is 0 Å². The summed E-state index contributed by atoms with van der Waals surface area (Å²) < 4.78 is 32.5. The van der Waals surface area contributed by atoms with Crippen molar-refractivity contribution in [1.82, 2.24) is 4.72 Å². The second-order valence-electron chi connectivity index (χ2n) is 4.79. The van der Waals surface area contributed by atoms with Gasteiger partial charge in [-0.3, -0.25) is 0 Å². The number of hydrogen-bond donors (Lipinski definition) is 2. The summed E-state index contributed by atoms with van der Waals surface area (Å²) in [5.41, 5.74) is 4.93. The summed E-state index contributed by atoms with van der Waals surface area (Å²) in [7, 11) is -3.61. The van der Waals surface area contributed by atoms with Gasteiger partial charge in [0, 0.05) is 11.6 Å². The Kier molecular flexibility index (Phi) is 4.99. The molecule has 0 aromatic carbocycles. The molecule has 1 aromatic rings. The third kappa shape index (κ3) is 3.81. The van der Waals surface area contributed by atoms with E-state index in [9.17, 15) is 8.42 Å². The van der Waals surface area contributed by atoms with Crippen LogP contribution in [0, 0.1) is 0 Å². The van der Waals surface area contributed by atoms with E-state index in [1.165, 1.54) is 6.07 Å². The molecule has 1 rings (SSSR count). The van der Waals surface area contributed by atoms with Gasteiger partial charge in [-0.15, -0.1) is 0 Å². The molecule has 5 nitrogen and oxygen atoms in total. The molecule has 1 heterocycles. The molecule has 1 aromatic heterocycles. The van der Waals surface area contributed by atoms with Crippen LogP contribution in [0.3, 0.4) is 0 Å². The summed E-state index contributed by atoms with van der Waals surface area (Å²) in [6, 6.07) is 1.44. The highest BCUT2D eigenvalue weighted by atomic mass is 79.9. The van der Waals surface area contributed by atoms with Crippen LogP contribution >= 0.6 is 15.9 Å². The van der Waals surface area contributed by atoms with Crippen LogP contribution in [0.2, 0.25) is 0 Å². The Morgan fingerprint density at radius 3 is 2.56 bits per heavy atom. The molecule has 0 saturated heterocycles. The van der Waals surface area contributed by atoms with Gasteiger partial charge in [0.1, 0.15) is 10.7 Å².